The molecule has 0 aliphatic heterocycles. The van der Waals surface area contributed by atoms with Gasteiger partial charge in [-0.05, 0) is 54.2 Å². The van der Waals surface area contributed by atoms with Gasteiger partial charge in [0.15, 0.2) is 5.65 Å². The largest absolute Gasteiger partial charge is 0.325 e. The smallest absolute Gasteiger partial charge is 0.313 e. The maximum Gasteiger partial charge on any atom is 0.325 e. The molecule has 2 aliphatic rings. The number of hydrogen-bond donors (Lipinski definition) is 2. The fourth-order valence-electron chi connectivity index (χ4n) is 4.31. The molecule has 2 unspecified atom stereocenters. The molecular formula is C22H19N5O2. The number of benzene rings is 1. The SMILES string of the molecule is O=c1[nH]cc(-c2cc(C3CC3c3cccc(C4CC4)c3)c3nccn3n2)c(=O)[nH]1. The fraction of sp³-hybridized carbons (Fsp3) is 0.273. The third-order valence-corrected chi connectivity index (χ3v) is 6.06. The molecule has 0 amide bonds. The van der Waals surface area contributed by atoms with Crippen molar-refractivity contribution in [3.05, 3.63) is 86.5 Å². The quantitative estimate of drug-likeness (QED) is 0.565. The minimum Gasteiger partial charge on any atom is -0.313 e. The van der Waals surface area contributed by atoms with Crippen LogP contribution in [-0.4, -0.2) is 24.6 Å². The second-order valence-electron chi connectivity index (χ2n) is 8.06. The van der Waals surface area contributed by atoms with Gasteiger partial charge in [-0.1, -0.05) is 24.3 Å². The van der Waals surface area contributed by atoms with Crippen molar-refractivity contribution in [3.63, 3.8) is 0 Å². The molecule has 0 spiro atoms. The van der Waals surface area contributed by atoms with E-state index in [1.54, 1.807) is 16.9 Å². The van der Waals surface area contributed by atoms with Crippen molar-refractivity contribution in [1.29, 1.82) is 0 Å². The lowest BCUT2D eigenvalue weighted by atomic mass is 10.0. The number of aromatic nitrogens is 5. The molecule has 2 N–H and O–H groups in total. The molecule has 7 nitrogen and oxygen atoms in total. The summed E-state index contributed by atoms with van der Waals surface area (Å²) in [6.45, 7) is 0. The topological polar surface area (TPSA) is 95.9 Å². The highest BCUT2D eigenvalue weighted by Gasteiger charge is 2.41. The van der Waals surface area contributed by atoms with Crippen LogP contribution < -0.4 is 11.2 Å². The third kappa shape index (κ3) is 2.81. The van der Waals surface area contributed by atoms with Crippen LogP contribution in [0.1, 0.15) is 53.7 Å². The van der Waals surface area contributed by atoms with Crippen LogP contribution >= 0.6 is 0 Å². The van der Waals surface area contributed by atoms with Gasteiger partial charge < -0.3 is 4.98 Å². The van der Waals surface area contributed by atoms with Crippen LogP contribution in [0.2, 0.25) is 0 Å². The van der Waals surface area contributed by atoms with E-state index in [1.807, 2.05) is 6.07 Å². The number of rotatable bonds is 4. The van der Waals surface area contributed by atoms with E-state index in [4.69, 9.17) is 0 Å². The second-order valence-corrected chi connectivity index (χ2v) is 8.06. The maximum absolute atomic E-state index is 12.3. The molecule has 29 heavy (non-hydrogen) atoms. The molecule has 2 atom stereocenters. The van der Waals surface area contributed by atoms with Crippen LogP contribution in [-0.2, 0) is 0 Å². The lowest BCUT2D eigenvalue weighted by molar-refractivity contribution is 0.905. The van der Waals surface area contributed by atoms with Gasteiger partial charge in [0.2, 0.25) is 0 Å². The lowest BCUT2D eigenvalue weighted by Crippen LogP contribution is -2.23. The molecule has 0 saturated heterocycles. The number of imidazole rings is 1. The Morgan fingerprint density at radius 2 is 1.93 bits per heavy atom. The summed E-state index contributed by atoms with van der Waals surface area (Å²) in [5, 5.41) is 4.52. The molecular weight excluding hydrogens is 366 g/mol. The van der Waals surface area contributed by atoms with E-state index in [0.29, 0.717) is 23.1 Å². The molecule has 3 heterocycles. The van der Waals surface area contributed by atoms with E-state index in [-0.39, 0.29) is 0 Å². The number of hydrogen-bond acceptors (Lipinski definition) is 4. The molecule has 0 radical (unpaired) electrons. The van der Waals surface area contributed by atoms with Crippen LogP contribution in [0.15, 0.2) is 58.5 Å². The average Bonchev–Trinajstić information content (AvgIpc) is 3.64. The van der Waals surface area contributed by atoms with E-state index in [0.717, 1.165) is 23.5 Å². The maximum atomic E-state index is 12.3. The predicted molar refractivity (Wildman–Crippen MR) is 108 cm³/mol. The van der Waals surface area contributed by atoms with Crippen LogP contribution in [0, 0.1) is 0 Å². The van der Waals surface area contributed by atoms with Gasteiger partial charge >= 0.3 is 5.69 Å². The monoisotopic (exact) mass is 385 g/mol. The Hall–Kier alpha value is -3.48. The molecule has 144 valence electrons. The van der Waals surface area contributed by atoms with Crippen molar-refractivity contribution in [2.24, 2.45) is 0 Å². The van der Waals surface area contributed by atoms with Gasteiger partial charge in [-0.25, -0.2) is 14.3 Å². The zero-order valence-electron chi connectivity index (χ0n) is 15.6. The summed E-state index contributed by atoms with van der Waals surface area (Å²) in [6.07, 6.45) is 8.58. The molecule has 3 aromatic heterocycles. The van der Waals surface area contributed by atoms with Gasteiger partial charge in [0.05, 0.1) is 11.3 Å². The first-order valence-electron chi connectivity index (χ1n) is 9.94. The van der Waals surface area contributed by atoms with E-state index in [1.165, 1.54) is 30.2 Å². The Bertz CT molecular complexity index is 1360. The van der Waals surface area contributed by atoms with Crippen molar-refractivity contribution in [3.8, 4) is 11.3 Å². The molecule has 0 bridgehead atoms. The predicted octanol–water partition coefficient (Wildman–Crippen LogP) is 2.92. The van der Waals surface area contributed by atoms with E-state index < -0.39 is 11.2 Å². The van der Waals surface area contributed by atoms with Crippen molar-refractivity contribution in [1.82, 2.24) is 24.6 Å². The first-order valence-corrected chi connectivity index (χ1v) is 9.94. The first-order chi connectivity index (χ1) is 14.2. The van der Waals surface area contributed by atoms with E-state index >= 15 is 0 Å². The Morgan fingerprint density at radius 3 is 2.76 bits per heavy atom. The summed E-state index contributed by atoms with van der Waals surface area (Å²) in [5.41, 5.74) is 4.64. The Kier molecular flexibility index (Phi) is 3.41. The van der Waals surface area contributed by atoms with Gasteiger partial charge in [-0.15, -0.1) is 0 Å². The molecule has 7 heteroatoms. The van der Waals surface area contributed by atoms with Crippen molar-refractivity contribution >= 4 is 5.65 Å². The Morgan fingerprint density at radius 1 is 1.07 bits per heavy atom. The summed E-state index contributed by atoms with van der Waals surface area (Å²) in [7, 11) is 0. The fourth-order valence-corrected chi connectivity index (χ4v) is 4.31. The molecule has 4 aromatic rings. The normalized spacial score (nSPS) is 20.8. The van der Waals surface area contributed by atoms with Crippen molar-refractivity contribution in [2.75, 3.05) is 0 Å². The molecule has 2 fully saturated rings. The van der Waals surface area contributed by atoms with Crippen LogP contribution in [0.5, 0.6) is 0 Å². The van der Waals surface area contributed by atoms with Gasteiger partial charge in [-0.3, -0.25) is 9.78 Å². The highest BCUT2D eigenvalue weighted by atomic mass is 16.2. The number of fused-ring (bicyclic) bond motifs is 1. The zero-order chi connectivity index (χ0) is 19.5. The Balaban J connectivity index is 1.42. The lowest BCUT2D eigenvalue weighted by Gasteiger charge is -2.08. The molecule has 6 rings (SSSR count). The molecule has 2 saturated carbocycles. The van der Waals surface area contributed by atoms with E-state index in [2.05, 4.69) is 44.3 Å². The van der Waals surface area contributed by atoms with Crippen molar-refractivity contribution < 1.29 is 0 Å². The third-order valence-electron chi connectivity index (χ3n) is 6.06. The standard InChI is InChI=1S/C22H19N5O2/c28-21-18(11-24-22(29)25-21)19-10-17(20-23-6-7-27(20)26-19)16-9-15(16)14-3-1-2-13(8-14)12-4-5-12/h1-3,6-8,10-12,15-16H,4-5,9H2,(H2,24,25,28,29). The Labute approximate surface area is 165 Å². The number of nitrogens with one attached hydrogen (secondary N) is 2. The van der Waals surface area contributed by atoms with Crippen LogP contribution in [0.3, 0.4) is 0 Å². The average molecular weight is 385 g/mol. The first kappa shape index (κ1) is 16.5. The number of nitrogens with zero attached hydrogens (tertiary/aromatic N) is 3. The summed E-state index contributed by atoms with van der Waals surface area (Å²) in [4.78, 5) is 32.9. The summed E-state index contributed by atoms with van der Waals surface area (Å²) in [5.74, 6) is 1.54. The summed E-state index contributed by atoms with van der Waals surface area (Å²) < 4.78 is 1.71. The van der Waals surface area contributed by atoms with Gasteiger partial charge in [0.1, 0.15) is 0 Å². The molecule has 1 aromatic carbocycles. The van der Waals surface area contributed by atoms with Crippen molar-refractivity contribution in [2.45, 2.75) is 37.0 Å². The van der Waals surface area contributed by atoms with E-state index in [9.17, 15) is 9.59 Å². The van der Waals surface area contributed by atoms with Gasteiger partial charge in [0, 0.05) is 24.2 Å². The summed E-state index contributed by atoms with van der Waals surface area (Å²) in [6, 6.07) is 10.9. The minimum atomic E-state index is -0.527. The minimum absolute atomic E-state index is 0.342. The molecule has 2 aliphatic carbocycles. The van der Waals surface area contributed by atoms with Gasteiger partial charge in [0.25, 0.3) is 5.56 Å². The van der Waals surface area contributed by atoms with Crippen LogP contribution in [0.4, 0.5) is 0 Å². The second kappa shape index (κ2) is 6.01. The van der Waals surface area contributed by atoms with Gasteiger partial charge in [-0.2, -0.15) is 5.10 Å². The van der Waals surface area contributed by atoms with Crippen LogP contribution in [0.25, 0.3) is 16.9 Å². The highest BCUT2D eigenvalue weighted by molar-refractivity contribution is 5.63. The zero-order valence-corrected chi connectivity index (χ0v) is 15.6. The highest BCUT2D eigenvalue weighted by Crippen LogP contribution is 2.56. The number of aromatic amines is 2. The number of H-pyrrole nitrogens is 2. The summed E-state index contributed by atoms with van der Waals surface area (Å²) >= 11 is 0.